The quantitative estimate of drug-likeness (QED) is 0.467. The number of rotatable bonds is 4. The predicted octanol–water partition coefficient (Wildman–Crippen LogP) is 2.84. The number of aryl methyl sites for hydroxylation is 1. The summed E-state index contributed by atoms with van der Waals surface area (Å²) in [6.45, 7) is 1.83. The predicted molar refractivity (Wildman–Crippen MR) is 106 cm³/mol. The smallest absolute Gasteiger partial charge is 0.435 e. The van der Waals surface area contributed by atoms with E-state index in [1.165, 1.54) is 16.9 Å². The minimum atomic E-state index is -4.69. The minimum Gasteiger partial charge on any atom is -0.462 e. The number of amides is 1. The number of methoxy groups -OCH3 is 1. The molecule has 1 heterocycles. The molecule has 12 heteroatoms. The summed E-state index contributed by atoms with van der Waals surface area (Å²) in [4.78, 5) is 22.2. The number of aromatic nitrogens is 2. The third kappa shape index (κ3) is 4.80. The molecule has 168 valence electrons. The van der Waals surface area contributed by atoms with Crippen LogP contribution in [0.2, 0.25) is 0 Å². The molecule has 1 amide bonds. The van der Waals surface area contributed by atoms with E-state index in [1.807, 2.05) is 6.92 Å². The van der Waals surface area contributed by atoms with Gasteiger partial charge in [-0.3, -0.25) is 4.79 Å². The summed E-state index contributed by atoms with van der Waals surface area (Å²) < 4.78 is 71.1. The molecule has 0 radical (unpaired) electrons. The standard InChI is InChI=1S/C20H16F3N3O5S/c1-12-3-5-13(6-4-12)16-11-17(20(21,22)23)24-26(16)14-7-9-15(10-8-14)32(29,30)25-18(27)19(28)31-2/h3-11H,1-2H3,(H,25,27). The van der Waals surface area contributed by atoms with Crippen molar-refractivity contribution in [2.24, 2.45) is 0 Å². The van der Waals surface area contributed by atoms with Crippen molar-refractivity contribution < 1.29 is 35.9 Å². The van der Waals surface area contributed by atoms with Gasteiger partial charge in [0.25, 0.3) is 10.0 Å². The molecule has 1 aromatic heterocycles. The third-order valence-corrected chi connectivity index (χ3v) is 5.68. The third-order valence-electron chi connectivity index (χ3n) is 4.34. The molecule has 0 aliphatic rings. The molecule has 0 aliphatic carbocycles. The number of nitrogens with zero attached hydrogens (tertiary/aromatic N) is 2. The van der Waals surface area contributed by atoms with Crippen molar-refractivity contribution >= 4 is 21.9 Å². The summed E-state index contributed by atoms with van der Waals surface area (Å²) in [5.74, 6) is -2.88. The van der Waals surface area contributed by atoms with Crippen LogP contribution in [0.4, 0.5) is 13.2 Å². The molecule has 0 aliphatic heterocycles. The first kappa shape index (κ1) is 23.0. The van der Waals surface area contributed by atoms with Crippen molar-refractivity contribution in [1.29, 1.82) is 0 Å². The van der Waals surface area contributed by atoms with Crippen LogP contribution in [-0.4, -0.2) is 37.2 Å². The Hall–Kier alpha value is -3.67. The minimum absolute atomic E-state index is 0.145. The number of hydrogen-bond donors (Lipinski definition) is 1. The van der Waals surface area contributed by atoms with Gasteiger partial charge >= 0.3 is 18.1 Å². The molecule has 0 saturated carbocycles. The first-order chi connectivity index (χ1) is 14.9. The zero-order valence-corrected chi connectivity index (χ0v) is 17.5. The van der Waals surface area contributed by atoms with Crippen LogP contribution in [0.25, 0.3) is 16.9 Å². The van der Waals surface area contributed by atoms with Crippen LogP contribution < -0.4 is 4.72 Å². The highest BCUT2D eigenvalue weighted by Crippen LogP contribution is 2.33. The maximum atomic E-state index is 13.3. The highest BCUT2D eigenvalue weighted by molar-refractivity contribution is 7.90. The number of carbonyl (C=O) groups is 2. The second kappa shape index (κ2) is 8.46. The summed E-state index contributed by atoms with van der Waals surface area (Å²) in [6, 6.07) is 12.2. The number of benzene rings is 2. The molecule has 8 nitrogen and oxygen atoms in total. The lowest BCUT2D eigenvalue weighted by atomic mass is 10.1. The summed E-state index contributed by atoms with van der Waals surface area (Å²) in [5.41, 5.74) is 0.566. The molecule has 0 fully saturated rings. The summed E-state index contributed by atoms with van der Waals surface area (Å²) in [6.07, 6.45) is -4.69. The zero-order chi connectivity index (χ0) is 23.7. The fraction of sp³-hybridized carbons (Fsp3) is 0.150. The van der Waals surface area contributed by atoms with E-state index >= 15 is 0 Å². The number of halogens is 3. The SMILES string of the molecule is COC(=O)C(=O)NS(=O)(=O)c1ccc(-n2nc(C(F)(F)F)cc2-c2ccc(C)cc2)cc1. The number of carbonyl (C=O) groups excluding carboxylic acids is 2. The van der Waals surface area contributed by atoms with Gasteiger partial charge in [-0.25, -0.2) is 22.6 Å². The van der Waals surface area contributed by atoms with Gasteiger partial charge in [0.1, 0.15) is 0 Å². The van der Waals surface area contributed by atoms with E-state index in [-0.39, 0.29) is 11.4 Å². The summed E-state index contributed by atoms with van der Waals surface area (Å²) >= 11 is 0. The van der Waals surface area contributed by atoms with Gasteiger partial charge in [0.2, 0.25) is 0 Å². The van der Waals surface area contributed by atoms with Gasteiger partial charge in [0, 0.05) is 5.56 Å². The molecule has 0 spiro atoms. The van der Waals surface area contributed by atoms with Gasteiger partial charge in [-0.05, 0) is 37.3 Å². The van der Waals surface area contributed by atoms with E-state index in [0.29, 0.717) is 5.56 Å². The Labute approximate surface area is 180 Å². The summed E-state index contributed by atoms with van der Waals surface area (Å²) in [7, 11) is -3.50. The molecule has 2 aromatic carbocycles. The zero-order valence-electron chi connectivity index (χ0n) is 16.7. The number of nitrogens with one attached hydrogen (secondary N) is 1. The van der Waals surface area contributed by atoms with Crippen LogP contribution in [0.1, 0.15) is 11.3 Å². The Balaban J connectivity index is 2.01. The maximum absolute atomic E-state index is 13.3. The lowest BCUT2D eigenvalue weighted by molar-refractivity contribution is -0.151. The first-order valence-electron chi connectivity index (χ1n) is 8.92. The molecule has 0 saturated heterocycles. The molecule has 3 rings (SSSR count). The van der Waals surface area contributed by atoms with Crippen molar-refractivity contribution in [3.8, 4) is 16.9 Å². The van der Waals surface area contributed by atoms with E-state index in [2.05, 4.69) is 9.84 Å². The Morgan fingerprint density at radius 2 is 1.62 bits per heavy atom. The van der Waals surface area contributed by atoms with Crippen molar-refractivity contribution in [3.05, 3.63) is 65.9 Å². The molecule has 32 heavy (non-hydrogen) atoms. The summed E-state index contributed by atoms with van der Waals surface area (Å²) in [5, 5.41) is 3.64. The van der Waals surface area contributed by atoms with E-state index < -0.39 is 38.7 Å². The largest absolute Gasteiger partial charge is 0.462 e. The number of alkyl halides is 3. The van der Waals surface area contributed by atoms with E-state index in [0.717, 1.165) is 35.6 Å². The van der Waals surface area contributed by atoms with Crippen molar-refractivity contribution in [2.75, 3.05) is 7.11 Å². The van der Waals surface area contributed by atoms with Gasteiger partial charge in [-0.15, -0.1) is 0 Å². The van der Waals surface area contributed by atoms with E-state index in [1.54, 1.807) is 24.3 Å². The molecule has 0 unspecified atom stereocenters. The fourth-order valence-electron chi connectivity index (χ4n) is 2.73. The second-order valence-electron chi connectivity index (χ2n) is 6.61. The molecule has 0 bridgehead atoms. The molecular weight excluding hydrogens is 451 g/mol. The van der Waals surface area contributed by atoms with Crippen LogP contribution in [0.3, 0.4) is 0 Å². The Bertz CT molecular complexity index is 1270. The topological polar surface area (TPSA) is 107 Å². The van der Waals surface area contributed by atoms with Crippen LogP contribution in [-0.2, 0) is 30.5 Å². The number of ether oxygens (including phenoxy) is 1. The normalized spacial score (nSPS) is 11.8. The maximum Gasteiger partial charge on any atom is 0.435 e. The first-order valence-corrected chi connectivity index (χ1v) is 10.4. The van der Waals surface area contributed by atoms with Gasteiger partial charge < -0.3 is 4.74 Å². The van der Waals surface area contributed by atoms with Crippen molar-refractivity contribution in [2.45, 2.75) is 18.0 Å². The monoisotopic (exact) mass is 467 g/mol. The molecule has 0 atom stereocenters. The Morgan fingerprint density at radius 1 is 1.03 bits per heavy atom. The lowest BCUT2D eigenvalue weighted by Gasteiger charge is -2.10. The lowest BCUT2D eigenvalue weighted by Crippen LogP contribution is -2.36. The van der Waals surface area contributed by atoms with Crippen LogP contribution >= 0.6 is 0 Å². The van der Waals surface area contributed by atoms with Crippen LogP contribution in [0.15, 0.2) is 59.5 Å². The van der Waals surface area contributed by atoms with Gasteiger partial charge in [-0.2, -0.15) is 18.3 Å². The van der Waals surface area contributed by atoms with E-state index in [9.17, 15) is 31.2 Å². The number of hydrogen-bond acceptors (Lipinski definition) is 6. The molecule has 1 N–H and O–H groups in total. The Morgan fingerprint density at radius 3 is 2.16 bits per heavy atom. The van der Waals surface area contributed by atoms with Gasteiger partial charge in [0.05, 0.1) is 23.4 Å². The molecule has 3 aromatic rings. The highest BCUT2D eigenvalue weighted by atomic mass is 32.2. The average molecular weight is 467 g/mol. The highest BCUT2D eigenvalue weighted by Gasteiger charge is 2.35. The average Bonchev–Trinajstić information content (AvgIpc) is 3.19. The Kier molecular flexibility index (Phi) is 6.08. The second-order valence-corrected chi connectivity index (χ2v) is 8.29. The fourth-order valence-corrected chi connectivity index (χ4v) is 3.67. The van der Waals surface area contributed by atoms with Crippen molar-refractivity contribution in [1.82, 2.24) is 14.5 Å². The number of sulfonamides is 1. The van der Waals surface area contributed by atoms with Crippen LogP contribution in [0.5, 0.6) is 0 Å². The number of esters is 1. The van der Waals surface area contributed by atoms with E-state index in [4.69, 9.17) is 0 Å². The molecular formula is C20H16F3N3O5S. The van der Waals surface area contributed by atoms with Gasteiger partial charge in [0.15, 0.2) is 5.69 Å². The van der Waals surface area contributed by atoms with Crippen molar-refractivity contribution in [3.63, 3.8) is 0 Å². The van der Waals surface area contributed by atoms with Gasteiger partial charge in [-0.1, -0.05) is 29.8 Å². The van der Waals surface area contributed by atoms with Crippen LogP contribution in [0, 0.1) is 6.92 Å².